The maximum absolute atomic E-state index is 6.61. The van der Waals surface area contributed by atoms with Crippen molar-refractivity contribution in [3.63, 3.8) is 0 Å². The van der Waals surface area contributed by atoms with Crippen LogP contribution in [0.25, 0.3) is 110 Å². The lowest BCUT2D eigenvalue weighted by Crippen LogP contribution is -2.01. The number of nitrogens with zero attached hydrogens (tertiary/aromatic N) is 3. The zero-order valence-corrected chi connectivity index (χ0v) is 31.8. The van der Waals surface area contributed by atoms with Crippen LogP contribution in [0.1, 0.15) is 5.56 Å². The Kier molecular flexibility index (Phi) is 7.86. The summed E-state index contributed by atoms with van der Waals surface area (Å²) in [5.41, 5.74) is 12.5. The fraction of sp³-hybridized carbons (Fsp3) is 0.0192. The number of aromatic nitrogens is 3. The van der Waals surface area contributed by atoms with Crippen molar-refractivity contribution in [2.24, 2.45) is 0 Å². The molecule has 0 saturated carbocycles. The van der Waals surface area contributed by atoms with E-state index >= 15 is 0 Å². The maximum atomic E-state index is 6.61. The van der Waals surface area contributed by atoms with E-state index in [0.717, 1.165) is 66.3 Å². The quantitative estimate of drug-likeness (QED) is 0.170. The molecular formula is C52H33N3OS. The van der Waals surface area contributed by atoms with Gasteiger partial charge >= 0.3 is 0 Å². The molecule has 3 heterocycles. The third kappa shape index (κ3) is 5.79. The van der Waals surface area contributed by atoms with Crippen LogP contribution in [0.4, 0.5) is 0 Å². The molecular weight excluding hydrogens is 715 g/mol. The molecule has 0 radical (unpaired) electrons. The van der Waals surface area contributed by atoms with Crippen LogP contribution in [0, 0.1) is 6.92 Å². The third-order valence-corrected chi connectivity index (χ3v) is 12.0. The van der Waals surface area contributed by atoms with Crippen molar-refractivity contribution in [1.29, 1.82) is 0 Å². The summed E-state index contributed by atoms with van der Waals surface area (Å²) in [5.74, 6) is 1.84. The molecule has 0 atom stereocenters. The Morgan fingerprint density at radius 3 is 1.84 bits per heavy atom. The molecule has 11 rings (SSSR count). The second-order valence-corrected chi connectivity index (χ2v) is 15.5. The SMILES string of the molecule is Cc1cccc(-c2ccccc2-c2nc(-c3ccc4c(c3)oc3cccc(-c5ccc(-c6ccccc6)cc5)c34)nc(-c3cccc4sc5ccccc5c34)n2)c1. The molecule has 0 bridgehead atoms. The predicted octanol–water partition coefficient (Wildman–Crippen LogP) is 14.4. The minimum absolute atomic E-state index is 0.588. The Hall–Kier alpha value is -7.21. The first-order valence-electron chi connectivity index (χ1n) is 19.1. The molecule has 0 aliphatic heterocycles. The Labute approximate surface area is 333 Å². The van der Waals surface area contributed by atoms with E-state index in [1.807, 2.05) is 12.1 Å². The van der Waals surface area contributed by atoms with Crippen LogP contribution in [0.15, 0.2) is 186 Å². The summed E-state index contributed by atoms with van der Waals surface area (Å²) in [6, 6.07) is 63.8. The highest BCUT2D eigenvalue weighted by Gasteiger charge is 2.20. The highest BCUT2D eigenvalue weighted by molar-refractivity contribution is 7.25. The van der Waals surface area contributed by atoms with Crippen molar-refractivity contribution in [1.82, 2.24) is 15.0 Å². The average molecular weight is 748 g/mol. The molecule has 4 nitrogen and oxygen atoms in total. The first kappa shape index (κ1) is 33.2. The molecule has 0 fully saturated rings. The summed E-state index contributed by atoms with van der Waals surface area (Å²) in [6.45, 7) is 2.12. The smallest absolute Gasteiger partial charge is 0.164 e. The van der Waals surface area contributed by atoms with Gasteiger partial charge in [0.15, 0.2) is 17.5 Å². The molecule has 8 aromatic carbocycles. The van der Waals surface area contributed by atoms with E-state index in [2.05, 4.69) is 177 Å². The van der Waals surface area contributed by atoms with Crippen LogP contribution in [0.3, 0.4) is 0 Å². The number of aryl methyl sites for hydroxylation is 1. The van der Waals surface area contributed by atoms with E-state index in [1.165, 1.54) is 31.5 Å². The first-order chi connectivity index (χ1) is 28.1. The van der Waals surface area contributed by atoms with Crippen LogP contribution in [-0.4, -0.2) is 15.0 Å². The van der Waals surface area contributed by atoms with Crippen LogP contribution in [0.2, 0.25) is 0 Å². The van der Waals surface area contributed by atoms with Crippen LogP contribution >= 0.6 is 11.3 Å². The molecule has 57 heavy (non-hydrogen) atoms. The number of fused-ring (bicyclic) bond motifs is 6. The number of hydrogen-bond donors (Lipinski definition) is 0. The fourth-order valence-electron chi connectivity index (χ4n) is 8.13. The lowest BCUT2D eigenvalue weighted by atomic mass is 9.96. The molecule has 0 aliphatic carbocycles. The summed E-state index contributed by atoms with van der Waals surface area (Å²) in [5, 5.41) is 4.49. The Morgan fingerprint density at radius 2 is 0.982 bits per heavy atom. The van der Waals surface area contributed by atoms with Gasteiger partial charge in [-0.25, -0.2) is 15.0 Å². The van der Waals surface area contributed by atoms with Crippen molar-refractivity contribution in [3.05, 3.63) is 188 Å². The Bertz CT molecular complexity index is 3310. The van der Waals surface area contributed by atoms with Crippen molar-refractivity contribution in [2.75, 3.05) is 0 Å². The van der Waals surface area contributed by atoms with Gasteiger partial charge in [-0.1, -0.05) is 157 Å². The zero-order chi connectivity index (χ0) is 37.9. The highest BCUT2D eigenvalue weighted by Crippen LogP contribution is 2.42. The summed E-state index contributed by atoms with van der Waals surface area (Å²) < 4.78 is 9.05. The normalized spacial score (nSPS) is 11.6. The van der Waals surface area contributed by atoms with Gasteiger partial charge in [-0.15, -0.1) is 11.3 Å². The Morgan fingerprint density at radius 1 is 0.368 bits per heavy atom. The van der Waals surface area contributed by atoms with Gasteiger partial charge in [0, 0.05) is 47.6 Å². The summed E-state index contributed by atoms with van der Waals surface area (Å²) in [7, 11) is 0. The van der Waals surface area contributed by atoms with Crippen LogP contribution in [0.5, 0.6) is 0 Å². The van der Waals surface area contributed by atoms with Gasteiger partial charge in [-0.05, 0) is 70.6 Å². The van der Waals surface area contributed by atoms with Crippen molar-refractivity contribution in [3.8, 4) is 67.5 Å². The van der Waals surface area contributed by atoms with Crippen molar-refractivity contribution >= 4 is 53.4 Å². The van der Waals surface area contributed by atoms with E-state index in [4.69, 9.17) is 19.4 Å². The van der Waals surface area contributed by atoms with Crippen LogP contribution in [-0.2, 0) is 0 Å². The van der Waals surface area contributed by atoms with Crippen LogP contribution < -0.4 is 0 Å². The topological polar surface area (TPSA) is 51.8 Å². The average Bonchev–Trinajstić information content (AvgIpc) is 3.85. The monoisotopic (exact) mass is 747 g/mol. The predicted molar refractivity (Wildman–Crippen MR) is 237 cm³/mol. The van der Waals surface area contributed by atoms with Gasteiger partial charge in [-0.3, -0.25) is 0 Å². The van der Waals surface area contributed by atoms with E-state index in [-0.39, 0.29) is 0 Å². The van der Waals surface area contributed by atoms with Gasteiger partial charge in [0.25, 0.3) is 0 Å². The molecule has 0 saturated heterocycles. The van der Waals surface area contributed by atoms with Gasteiger partial charge in [0.1, 0.15) is 11.2 Å². The highest BCUT2D eigenvalue weighted by atomic mass is 32.1. The van der Waals surface area contributed by atoms with Gasteiger partial charge in [-0.2, -0.15) is 0 Å². The van der Waals surface area contributed by atoms with Gasteiger partial charge in [0.2, 0.25) is 0 Å². The largest absolute Gasteiger partial charge is 0.456 e. The Balaban J connectivity index is 1.09. The summed E-state index contributed by atoms with van der Waals surface area (Å²) in [4.78, 5) is 15.8. The second-order valence-electron chi connectivity index (χ2n) is 14.4. The molecule has 3 aromatic heterocycles. The van der Waals surface area contributed by atoms with Gasteiger partial charge < -0.3 is 4.42 Å². The minimum Gasteiger partial charge on any atom is -0.456 e. The van der Waals surface area contributed by atoms with Gasteiger partial charge in [0.05, 0.1) is 0 Å². The molecule has 5 heteroatoms. The lowest BCUT2D eigenvalue weighted by Gasteiger charge is -2.13. The summed E-state index contributed by atoms with van der Waals surface area (Å²) >= 11 is 1.79. The zero-order valence-electron chi connectivity index (χ0n) is 31.0. The van der Waals surface area contributed by atoms with E-state index in [1.54, 1.807) is 11.3 Å². The number of thiophene rings is 1. The standard InChI is InChI=1S/C52H33N3OS/c1-32-12-9-15-36(30-32)38-16-5-6-17-40(38)51-53-50(54-52(55-51)43-20-11-23-47-49(43)42-18-7-8-22-46(42)57-47)37-28-29-41-45(31-37)56-44-21-10-19-39(48(41)44)35-26-24-34(25-27-35)33-13-3-2-4-14-33/h2-31H,1H3. The second kappa shape index (κ2) is 13.5. The van der Waals surface area contributed by atoms with E-state index < -0.39 is 0 Å². The molecule has 0 aliphatic rings. The van der Waals surface area contributed by atoms with E-state index in [0.29, 0.717) is 17.5 Å². The van der Waals surface area contributed by atoms with Crippen molar-refractivity contribution < 1.29 is 4.42 Å². The number of rotatable bonds is 6. The maximum Gasteiger partial charge on any atom is 0.164 e. The molecule has 268 valence electrons. The molecule has 0 unspecified atom stereocenters. The fourth-order valence-corrected chi connectivity index (χ4v) is 9.26. The molecule has 0 N–H and O–H groups in total. The minimum atomic E-state index is 0.588. The first-order valence-corrected chi connectivity index (χ1v) is 19.9. The lowest BCUT2D eigenvalue weighted by molar-refractivity contribution is 0.669. The molecule has 11 aromatic rings. The van der Waals surface area contributed by atoms with Crippen molar-refractivity contribution in [2.45, 2.75) is 6.92 Å². The summed E-state index contributed by atoms with van der Waals surface area (Å²) in [6.07, 6.45) is 0. The number of benzene rings is 8. The number of hydrogen-bond acceptors (Lipinski definition) is 5. The molecule has 0 amide bonds. The molecule has 0 spiro atoms. The van der Waals surface area contributed by atoms with E-state index in [9.17, 15) is 0 Å². The number of furan rings is 1. The third-order valence-electron chi connectivity index (χ3n) is 10.8.